The summed E-state index contributed by atoms with van der Waals surface area (Å²) in [6, 6.07) is -0.216. The number of rotatable bonds is 3. The van der Waals surface area contributed by atoms with Crippen LogP contribution in [0.3, 0.4) is 0 Å². The Balaban J connectivity index is 1.96. The van der Waals surface area contributed by atoms with E-state index in [0.29, 0.717) is 5.01 Å². The summed E-state index contributed by atoms with van der Waals surface area (Å²) in [6.07, 6.45) is -2.71. The highest BCUT2D eigenvalue weighted by molar-refractivity contribution is 7.09. The van der Waals surface area contributed by atoms with Crippen LogP contribution in [0.5, 0.6) is 0 Å². The summed E-state index contributed by atoms with van der Waals surface area (Å²) in [5.41, 5.74) is -0.896. The van der Waals surface area contributed by atoms with E-state index in [2.05, 4.69) is 10.3 Å². The molecule has 2 heterocycles. The van der Waals surface area contributed by atoms with Crippen LogP contribution in [0.1, 0.15) is 23.5 Å². The number of carbonyl (C=O) groups is 1. The molecule has 1 fully saturated rings. The molecule has 8 heteroatoms. The Morgan fingerprint density at radius 1 is 1.63 bits per heavy atom. The predicted molar refractivity (Wildman–Crippen MR) is 64.6 cm³/mol. The molecule has 1 aromatic rings. The summed E-state index contributed by atoms with van der Waals surface area (Å²) in [7, 11) is 1.58. The first-order valence-electron chi connectivity index (χ1n) is 5.88. The average Bonchev–Trinajstić information content (AvgIpc) is 2.97. The number of halogens is 3. The zero-order valence-electron chi connectivity index (χ0n) is 10.3. The maximum absolute atomic E-state index is 12.4. The van der Waals surface area contributed by atoms with Crippen molar-refractivity contribution >= 4 is 17.2 Å². The van der Waals surface area contributed by atoms with Crippen molar-refractivity contribution < 1.29 is 18.0 Å². The molecule has 0 radical (unpaired) electrons. The zero-order valence-corrected chi connectivity index (χ0v) is 11.1. The van der Waals surface area contributed by atoms with E-state index in [4.69, 9.17) is 0 Å². The largest absolute Gasteiger partial charge is 0.434 e. The van der Waals surface area contributed by atoms with Crippen LogP contribution in [0.15, 0.2) is 5.38 Å². The van der Waals surface area contributed by atoms with Crippen molar-refractivity contribution in [1.29, 1.82) is 0 Å². The molecule has 0 saturated carbocycles. The monoisotopic (exact) mass is 293 g/mol. The van der Waals surface area contributed by atoms with E-state index in [1.807, 2.05) is 0 Å². The molecule has 1 N–H and O–H groups in total. The van der Waals surface area contributed by atoms with Crippen molar-refractivity contribution in [1.82, 2.24) is 15.2 Å². The maximum Gasteiger partial charge on any atom is 0.434 e. The molecule has 1 amide bonds. The van der Waals surface area contributed by atoms with Crippen LogP contribution >= 0.6 is 11.3 Å². The highest BCUT2D eigenvalue weighted by Gasteiger charge is 2.34. The second-order valence-corrected chi connectivity index (χ2v) is 5.41. The lowest BCUT2D eigenvalue weighted by Gasteiger charge is -2.19. The minimum atomic E-state index is -4.43. The number of likely N-dealkylation sites (N-methyl/N-ethyl adjacent to an activating group) is 1. The van der Waals surface area contributed by atoms with E-state index in [-0.39, 0.29) is 18.5 Å². The quantitative estimate of drug-likeness (QED) is 0.925. The van der Waals surface area contributed by atoms with Crippen molar-refractivity contribution in [2.45, 2.75) is 31.6 Å². The summed E-state index contributed by atoms with van der Waals surface area (Å²) < 4.78 is 37.2. The van der Waals surface area contributed by atoms with Gasteiger partial charge in [0.05, 0.1) is 12.6 Å². The summed E-state index contributed by atoms with van der Waals surface area (Å²) in [5.74, 6) is -0.0961. The summed E-state index contributed by atoms with van der Waals surface area (Å²) in [5, 5.41) is 4.33. The summed E-state index contributed by atoms with van der Waals surface area (Å²) >= 11 is 0.919. The van der Waals surface area contributed by atoms with Gasteiger partial charge in [-0.2, -0.15) is 13.2 Å². The lowest BCUT2D eigenvalue weighted by molar-refractivity contribution is -0.140. The van der Waals surface area contributed by atoms with Gasteiger partial charge < -0.3 is 10.2 Å². The van der Waals surface area contributed by atoms with Gasteiger partial charge >= 0.3 is 6.18 Å². The first-order valence-corrected chi connectivity index (χ1v) is 6.76. The third-order valence-corrected chi connectivity index (χ3v) is 3.78. The van der Waals surface area contributed by atoms with Gasteiger partial charge in [-0.05, 0) is 19.4 Å². The van der Waals surface area contributed by atoms with Crippen LogP contribution < -0.4 is 5.32 Å². The zero-order chi connectivity index (χ0) is 14.0. The molecule has 106 valence electrons. The number of amides is 1. The Labute approximate surface area is 112 Å². The topological polar surface area (TPSA) is 45.2 Å². The van der Waals surface area contributed by atoms with Crippen molar-refractivity contribution in [2.75, 3.05) is 13.6 Å². The Morgan fingerprint density at radius 3 is 2.89 bits per heavy atom. The molecule has 1 aromatic heterocycles. The van der Waals surface area contributed by atoms with E-state index in [1.54, 1.807) is 7.05 Å². The number of nitrogens with one attached hydrogen (secondary N) is 1. The average molecular weight is 293 g/mol. The van der Waals surface area contributed by atoms with Crippen molar-refractivity contribution in [3.8, 4) is 0 Å². The molecule has 19 heavy (non-hydrogen) atoms. The van der Waals surface area contributed by atoms with Crippen LogP contribution in [0, 0.1) is 0 Å². The Kier molecular flexibility index (Phi) is 4.10. The molecular formula is C11H14F3N3OS. The van der Waals surface area contributed by atoms with Crippen molar-refractivity contribution in [3.63, 3.8) is 0 Å². The summed E-state index contributed by atoms with van der Waals surface area (Å²) in [6.45, 7) is 0.914. The number of hydrogen-bond acceptors (Lipinski definition) is 4. The molecule has 1 atom stereocenters. The van der Waals surface area contributed by atoms with Gasteiger partial charge in [0.2, 0.25) is 5.91 Å². The smallest absolute Gasteiger partial charge is 0.338 e. The second-order valence-electron chi connectivity index (χ2n) is 4.47. The minimum Gasteiger partial charge on any atom is -0.338 e. The van der Waals surface area contributed by atoms with Gasteiger partial charge in [-0.25, -0.2) is 4.98 Å². The highest BCUT2D eigenvalue weighted by Crippen LogP contribution is 2.30. The van der Waals surface area contributed by atoms with Crippen LogP contribution in [-0.4, -0.2) is 35.4 Å². The third-order valence-electron chi connectivity index (χ3n) is 2.95. The minimum absolute atomic E-state index is 0.0961. The number of hydrogen-bond donors (Lipinski definition) is 1. The van der Waals surface area contributed by atoms with E-state index in [1.165, 1.54) is 4.90 Å². The first kappa shape index (κ1) is 14.3. The van der Waals surface area contributed by atoms with Gasteiger partial charge in [0.25, 0.3) is 0 Å². The van der Waals surface area contributed by atoms with Gasteiger partial charge in [-0.15, -0.1) is 11.3 Å². The molecule has 0 spiro atoms. The van der Waals surface area contributed by atoms with Gasteiger partial charge in [-0.3, -0.25) is 4.79 Å². The number of alkyl halides is 3. The van der Waals surface area contributed by atoms with Crippen LogP contribution in [0.2, 0.25) is 0 Å². The first-order chi connectivity index (χ1) is 8.88. The molecule has 4 nitrogen and oxygen atoms in total. The Bertz CT molecular complexity index is 454. The fourth-order valence-electron chi connectivity index (χ4n) is 1.96. The molecule has 1 saturated heterocycles. The molecule has 1 aliphatic rings. The predicted octanol–water partition coefficient (Wildman–Crippen LogP) is 1.87. The lowest BCUT2D eigenvalue weighted by Crippen LogP contribution is -2.41. The molecule has 0 aromatic carbocycles. The van der Waals surface area contributed by atoms with Crippen molar-refractivity contribution in [2.24, 2.45) is 0 Å². The fraction of sp³-hybridized carbons (Fsp3) is 0.636. The number of thiazole rings is 1. The number of carbonyl (C=O) groups excluding carboxylic acids is 1. The Morgan fingerprint density at radius 2 is 2.37 bits per heavy atom. The molecular weight excluding hydrogens is 279 g/mol. The van der Waals surface area contributed by atoms with E-state index in [9.17, 15) is 18.0 Å². The van der Waals surface area contributed by atoms with E-state index in [0.717, 1.165) is 36.1 Å². The SMILES string of the molecule is CN(Cc1nc(C(F)(F)F)cs1)C(=O)C1CCCN1. The van der Waals surface area contributed by atoms with Gasteiger partial charge in [0.15, 0.2) is 5.69 Å². The highest BCUT2D eigenvalue weighted by atomic mass is 32.1. The van der Waals surface area contributed by atoms with Gasteiger partial charge in [0, 0.05) is 12.4 Å². The van der Waals surface area contributed by atoms with Crippen LogP contribution in [0.25, 0.3) is 0 Å². The molecule has 1 unspecified atom stereocenters. The Hall–Kier alpha value is -1.15. The van der Waals surface area contributed by atoms with E-state index >= 15 is 0 Å². The lowest BCUT2D eigenvalue weighted by atomic mass is 10.2. The molecule has 0 bridgehead atoms. The summed E-state index contributed by atoms with van der Waals surface area (Å²) in [4.78, 5) is 16.9. The van der Waals surface area contributed by atoms with Gasteiger partial charge in [0.1, 0.15) is 5.01 Å². The van der Waals surface area contributed by atoms with Crippen LogP contribution in [0.4, 0.5) is 13.2 Å². The fourth-order valence-corrected chi connectivity index (χ4v) is 2.81. The van der Waals surface area contributed by atoms with E-state index < -0.39 is 11.9 Å². The maximum atomic E-state index is 12.4. The standard InChI is InChI=1S/C11H14F3N3OS/c1-17(10(18)7-3-2-4-15-7)5-9-16-8(6-19-9)11(12,13)14/h6-7,15H,2-5H2,1H3. The molecule has 1 aliphatic heterocycles. The van der Waals surface area contributed by atoms with Crippen molar-refractivity contribution in [3.05, 3.63) is 16.1 Å². The molecule has 0 aliphatic carbocycles. The normalized spacial score (nSPS) is 19.7. The molecule has 2 rings (SSSR count). The number of nitrogens with zero attached hydrogens (tertiary/aromatic N) is 2. The second kappa shape index (κ2) is 5.46. The van der Waals surface area contributed by atoms with Crippen LogP contribution in [-0.2, 0) is 17.5 Å². The third kappa shape index (κ3) is 3.44. The van der Waals surface area contributed by atoms with Gasteiger partial charge in [-0.1, -0.05) is 0 Å². The number of aromatic nitrogens is 1.